The average molecular weight is 286 g/mol. The highest BCUT2D eigenvalue weighted by Gasteiger charge is 2.26. The Morgan fingerprint density at radius 1 is 1.32 bits per heavy atom. The summed E-state index contributed by atoms with van der Waals surface area (Å²) in [5.74, 6) is 0. The lowest BCUT2D eigenvalue weighted by Gasteiger charge is -2.28. The second kappa shape index (κ2) is 5.28. The quantitative estimate of drug-likeness (QED) is 0.872. The van der Waals surface area contributed by atoms with Crippen molar-refractivity contribution >= 4 is 28.8 Å². The summed E-state index contributed by atoms with van der Waals surface area (Å²) in [6.07, 6.45) is 1.09. The maximum Gasteiger partial charge on any atom is 0.101 e. The summed E-state index contributed by atoms with van der Waals surface area (Å²) in [6.45, 7) is 2.26. The minimum Gasteiger partial charge on any atom is -0.377 e. The van der Waals surface area contributed by atoms with E-state index in [0.717, 1.165) is 12.1 Å². The molecule has 0 amide bonds. The van der Waals surface area contributed by atoms with Crippen molar-refractivity contribution in [2.75, 3.05) is 5.32 Å². The highest BCUT2D eigenvalue weighted by atomic mass is 32.2. The van der Waals surface area contributed by atoms with E-state index in [4.69, 9.17) is 5.26 Å². The fourth-order valence-electron chi connectivity index (χ4n) is 2.38. The van der Waals surface area contributed by atoms with Crippen molar-refractivity contribution in [2.24, 2.45) is 0 Å². The van der Waals surface area contributed by atoms with Crippen LogP contribution in [-0.4, -0.2) is 5.25 Å². The first-order valence-corrected chi connectivity index (χ1v) is 8.03. The molecule has 4 heteroatoms. The molecule has 1 N–H and O–H groups in total. The van der Waals surface area contributed by atoms with Gasteiger partial charge in [-0.2, -0.15) is 5.26 Å². The number of anilines is 1. The average Bonchev–Trinajstić information content (AvgIpc) is 2.87. The molecule has 3 rings (SSSR count). The zero-order valence-corrected chi connectivity index (χ0v) is 12.2. The van der Waals surface area contributed by atoms with E-state index in [9.17, 15) is 0 Å². The number of hydrogen-bond donors (Lipinski definition) is 1. The van der Waals surface area contributed by atoms with Crippen LogP contribution in [0, 0.1) is 11.3 Å². The summed E-state index contributed by atoms with van der Waals surface area (Å²) in [6, 6.07) is 12.5. The van der Waals surface area contributed by atoms with Crippen LogP contribution in [0.1, 0.15) is 30.5 Å². The molecule has 2 nitrogen and oxygen atoms in total. The Morgan fingerprint density at radius 2 is 2.16 bits per heavy atom. The van der Waals surface area contributed by atoms with Gasteiger partial charge in [-0.1, -0.05) is 19.1 Å². The molecule has 0 fully saturated rings. The molecule has 0 bridgehead atoms. The van der Waals surface area contributed by atoms with E-state index in [2.05, 4.69) is 29.8 Å². The molecular weight excluding hydrogens is 272 g/mol. The predicted molar refractivity (Wildman–Crippen MR) is 81.8 cm³/mol. The maximum atomic E-state index is 9.16. The van der Waals surface area contributed by atoms with Crippen LogP contribution in [0.3, 0.4) is 0 Å². The van der Waals surface area contributed by atoms with Gasteiger partial charge in [0.25, 0.3) is 0 Å². The number of fused-ring (bicyclic) bond motifs is 1. The minimum absolute atomic E-state index is 0.312. The molecule has 0 saturated heterocycles. The first-order valence-electron chi connectivity index (χ1n) is 6.27. The number of benzene rings is 1. The Kier molecular flexibility index (Phi) is 3.50. The van der Waals surface area contributed by atoms with Gasteiger partial charge in [-0.15, -0.1) is 23.1 Å². The summed E-state index contributed by atoms with van der Waals surface area (Å²) in [5.41, 5.74) is 3.03. The number of hydrogen-bond acceptors (Lipinski definition) is 4. The van der Waals surface area contributed by atoms with Crippen LogP contribution in [0.25, 0.3) is 0 Å². The highest BCUT2D eigenvalue weighted by molar-refractivity contribution is 8.01. The van der Waals surface area contributed by atoms with E-state index in [1.165, 1.54) is 9.77 Å². The molecule has 1 unspecified atom stereocenters. The molecule has 19 heavy (non-hydrogen) atoms. The molecule has 0 saturated carbocycles. The number of nitrogens with zero attached hydrogens (tertiary/aromatic N) is 1. The van der Waals surface area contributed by atoms with Crippen molar-refractivity contribution in [3.05, 3.63) is 46.8 Å². The number of thiophene rings is 1. The van der Waals surface area contributed by atoms with E-state index in [1.807, 2.05) is 47.4 Å². The molecule has 96 valence electrons. The Morgan fingerprint density at radius 3 is 3.00 bits per heavy atom. The third kappa shape index (κ3) is 2.49. The van der Waals surface area contributed by atoms with Crippen LogP contribution in [0.5, 0.6) is 0 Å². The van der Waals surface area contributed by atoms with E-state index < -0.39 is 0 Å². The van der Waals surface area contributed by atoms with Crippen LogP contribution in [-0.2, 0) is 0 Å². The zero-order chi connectivity index (χ0) is 13.2. The third-order valence-electron chi connectivity index (χ3n) is 3.29. The number of nitrogens with one attached hydrogen (secondary N) is 1. The van der Waals surface area contributed by atoms with E-state index in [0.29, 0.717) is 16.9 Å². The van der Waals surface area contributed by atoms with Crippen molar-refractivity contribution in [1.29, 1.82) is 5.26 Å². The van der Waals surface area contributed by atoms with Crippen LogP contribution in [0.15, 0.2) is 39.9 Å². The molecule has 2 aromatic rings. The lowest BCUT2D eigenvalue weighted by atomic mass is 10.0. The number of thioether (sulfide) groups is 1. The van der Waals surface area contributed by atoms with Crippen LogP contribution < -0.4 is 5.32 Å². The van der Waals surface area contributed by atoms with Crippen LogP contribution in [0.2, 0.25) is 0 Å². The van der Waals surface area contributed by atoms with E-state index in [1.54, 1.807) is 0 Å². The number of para-hydroxylation sites is 1. The molecule has 0 radical (unpaired) electrons. The van der Waals surface area contributed by atoms with Crippen molar-refractivity contribution in [3.63, 3.8) is 0 Å². The van der Waals surface area contributed by atoms with Gasteiger partial charge < -0.3 is 5.32 Å². The lowest BCUT2D eigenvalue weighted by molar-refractivity contribution is 0.670. The largest absolute Gasteiger partial charge is 0.377 e. The summed E-state index contributed by atoms with van der Waals surface area (Å²) in [5, 5.41) is 15.5. The highest BCUT2D eigenvalue weighted by Crippen LogP contribution is 2.45. The molecule has 1 aromatic carbocycles. The van der Waals surface area contributed by atoms with Crippen molar-refractivity contribution in [2.45, 2.75) is 28.8 Å². The van der Waals surface area contributed by atoms with Gasteiger partial charge in [0.05, 0.1) is 21.5 Å². The summed E-state index contributed by atoms with van der Waals surface area (Å²) in [4.78, 5) is 0. The summed E-state index contributed by atoms with van der Waals surface area (Å²) >= 11 is 3.77. The third-order valence-corrected chi connectivity index (χ3v) is 5.63. The topological polar surface area (TPSA) is 35.8 Å². The fraction of sp³-hybridized carbons (Fsp3) is 0.267. The second-order valence-corrected chi connectivity index (χ2v) is 7.31. The number of rotatable bonds is 2. The lowest BCUT2D eigenvalue weighted by Crippen LogP contribution is -2.19. The molecule has 0 spiro atoms. The second-order valence-electron chi connectivity index (χ2n) is 4.68. The van der Waals surface area contributed by atoms with Gasteiger partial charge in [0.1, 0.15) is 6.07 Å². The van der Waals surface area contributed by atoms with Crippen molar-refractivity contribution in [1.82, 2.24) is 0 Å². The molecule has 2 heterocycles. The van der Waals surface area contributed by atoms with Crippen molar-refractivity contribution < 1.29 is 0 Å². The smallest absolute Gasteiger partial charge is 0.101 e. The predicted octanol–water partition coefficient (Wildman–Crippen LogP) is 4.66. The van der Waals surface area contributed by atoms with Gasteiger partial charge >= 0.3 is 0 Å². The van der Waals surface area contributed by atoms with E-state index in [-0.39, 0.29) is 0 Å². The van der Waals surface area contributed by atoms with Gasteiger partial charge in [-0.3, -0.25) is 0 Å². The molecular formula is C15H14N2S2. The normalized spacial score (nSPS) is 21.5. The molecule has 1 aliphatic heterocycles. The molecule has 0 aliphatic carbocycles. The first kappa shape index (κ1) is 12.6. The Balaban J connectivity index is 1.91. The number of nitriles is 1. The standard InChI is InChI=1S/C15H14N2S2/c1-10-8-14(12-6-7-18-15(12)19-10)17-13-5-3-2-4-11(13)9-16/h2-7,10,14,17H,8H2,1H3/t10-,14?/m0/s1. The maximum absolute atomic E-state index is 9.16. The summed E-state index contributed by atoms with van der Waals surface area (Å²) < 4.78 is 1.41. The molecule has 1 aromatic heterocycles. The van der Waals surface area contributed by atoms with Gasteiger partial charge in [0.2, 0.25) is 0 Å². The zero-order valence-electron chi connectivity index (χ0n) is 10.6. The molecule has 2 atom stereocenters. The Bertz CT molecular complexity index is 627. The van der Waals surface area contributed by atoms with Gasteiger partial charge in [-0.05, 0) is 35.6 Å². The van der Waals surface area contributed by atoms with Gasteiger partial charge in [-0.25, -0.2) is 0 Å². The van der Waals surface area contributed by atoms with Gasteiger partial charge in [0.15, 0.2) is 0 Å². The monoisotopic (exact) mass is 286 g/mol. The van der Waals surface area contributed by atoms with Gasteiger partial charge in [0, 0.05) is 5.25 Å². The fourth-order valence-corrected chi connectivity index (χ4v) is 4.95. The molecule has 1 aliphatic rings. The first-order chi connectivity index (χ1) is 9.28. The summed E-state index contributed by atoms with van der Waals surface area (Å²) in [7, 11) is 0. The Hall–Kier alpha value is -1.44. The van der Waals surface area contributed by atoms with E-state index >= 15 is 0 Å². The SMILES string of the molecule is C[C@H]1CC(Nc2ccccc2C#N)c2ccsc2S1. The van der Waals surface area contributed by atoms with Crippen molar-refractivity contribution in [3.8, 4) is 6.07 Å². The van der Waals surface area contributed by atoms with Crippen LogP contribution >= 0.6 is 23.1 Å². The van der Waals surface area contributed by atoms with Crippen LogP contribution in [0.4, 0.5) is 5.69 Å². The Labute approximate surface area is 121 Å². The minimum atomic E-state index is 0.312.